The average Bonchev–Trinajstić information content (AvgIpc) is 2.58. The normalized spacial score (nSPS) is 16.8. The molecule has 2 aromatic rings. The number of fused-ring (bicyclic) bond motifs is 1. The molecule has 3 rings (SSSR count). The average molecular weight is 310 g/mol. The fraction of sp³-hybridized carbons (Fsp3) is 0.167. The molecular weight excluding hydrogens is 295 g/mol. The van der Waals surface area contributed by atoms with Crippen molar-refractivity contribution < 1.29 is 14.2 Å². The molecule has 0 aliphatic carbocycles. The monoisotopic (exact) mass is 310 g/mol. The molecule has 0 fully saturated rings. The topological polar surface area (TPSA) is 56.5 Å². The third-order valence-electron chi connectivity index (χ3n) is 4.01. The highest BCUT2D eigenvalue weighted by molar-refractivity contribution is 5.87. The Balaban J connectivity index is 2.37. The Hall–Kier alpha value is -2.84. The highest BCUT2D eigenvalue weighted by Gasteiger charge is 2.31. The van der Waals surface area contributed by atoms with E-state index in [-0.39, 0.29) is 5.70 Å². The standard InChI is InChI=1S/C18H15FN2O2/c1-21-16(10-20)17(13-5-3-4-6-15(13)19)14-9-11(23-2)7-8-12(14)18(21)22/h3-9,18,22H,1-2H3. The first-order chi connectivity index (χ1) is 11.1. The summed E-state index contributed by atoms with van der Waals surface area (Å²) in [4.78, 5) is 1.44. The summed E-state index contributed by atoms with van der Waals surface area (Å²) in [5.41, 5.74) is 2.18. The van der Waals surface area contributed by atoms with Crippen LogP contribution < -0.4 is 4.74 Å². The molecule has 4 nitrogen and oxygen atoms in total. The molecule has 1 aliphatic heterocycles. The van der Waals surface area contributed by atoms with E-state index in [9.17, 15) is 14.8 Å². The second-order valence-electron chi connectivity index (χ2n) is 5.25. The number of benzene rings is 2. The molecule has 0 saturated heterocycles. The number of allylic oxidation sites excluding steroid dienone is 1. The van der Waals surface area contributed by atoms with Gasteiger partial charge >= 0.3 is 0 Å². The summed E-state index contributed by atoms with van der Waals surface area (Å²) in [5, 5.41) is 20.0. The zero-order valence-corrected chi connectivity index (χ0v) is 12.7. The van der Waals surface area contributed by atoms with Gasteiger partial charge in [0.15, 0.2) is 6.23 Å². The van der Waals surface area contributed by atoms with Crippen LogP contribution in [0.1, 0.15) is 22.9 Å². The van der Waals surface area contributed by atoms with Crippen LogP contribution in [-0.4, -0.2) is 24.2 Å². The Labute approximate surface area is 133 Å². The van der Waals surface area contributed by atoms with Crippen LogP contribution >= 0.6 is 0 Å². The van der Waals surface area contributed by atoms with Crippen molar-refractivity contribution in [2.24, 2.45) is 0 Å². The third kappa shape index (κ3) is 2.33. The molecule has 0 bridgehead atoms. The van der Waals surface area contributed by atoms with E-state index in [2.05, 4.69) is 6.07 Å². The second-order valence-corrected chi connectivity index (χ2v) is 5.25. The van der Waals surface area contributed by atoms with E-state index in [0.717, 1.165) is 0 Å². The summed E-state index contributed by atoms with van der Waals surface area (Å²) in [6.45, 7) is 0. The van der Waals surface area contributed by atoms with Gasteiger partial charge < -0.3 is 14.7 Å². The van der Waals surface area contributed by atoms with Crippen LogP contribution in [0, 0.1) is 17.1 Å². The first-order valence-electron chi connectivity index (χ1n) is 7.07. The molecule has 5 heteroatoms. The van der Waals surface area contributed by atoms with E-state index >= 15 is 0 Å². The van der Waals surface area contributed by atoms with Gasteiger partial charge in [0.1, 0.15) is 23.3 Å². The van der Waals surface area contributed by atoms with Crippen molar-refractivity contribution in [2.75, 3.05) is 14.2 Å². The third-order valence-corrected chi connectivity index (χ3v) is 4.01. The highest BCUT2D eigenvalue weighted by atomic mass is 19.1. The molecule has 1 unspecified atom stereocenters. The summed E-state index contributed by atoms with van der Waals surface area (Å²) in [6.07, 6.45) is -0.971. The number of ether oxygens (including phenoxy) is 1. The molecule has 0 amide bonds. The van der Waals surface area contributed by atoms with Crippen molar-refractivity contribution in [3.63, 3.8) is 0 Å². The molecule has 2 aromatic carbocycles. The first-order valence-corrected chi connectivity index (χ1v) is 7.07. The van der Waals surface area contributed by atoms with E-state index in [0.29, 0.717) is 28.0 Å². The minimum atomic E-state index is -0.971. The largest absolute Gasteiger partial charge is 0.497 e. The van der Waals surface area contributed by atoms with Crippen LogP contribution in [0.3, 0.4) is 0 Å². The summed E-state index contributed by atoms with van der Waals surface area (Å²) in [7, 11) is 3.14. The molecule has 0 aromatic heterocycles. The summed E-state index contributed by atoms with van der Waals surface area (Å²) in [6, 6.07) is 13.5. The quantitative estimate of drug-likeness (QED) is 0.926. The molecular formula is C18H15FN2O2. The Morgan fingerprint density at radius 2 is 1.96 bits per heavy atom. The number of rotatable bonds is 2. The van der Waals surface area contributed by atoms with Crippen molar-refractivity contribution in [2.45, 2.75) is 6.23 Å². The lowest BCUT2D eigenvalue weighted by molar-refractivity contribution is 0.0461. The lowest BCUT2D eigenvalue weighted by Crippen LogP contribution is -2.29. The van der Waals surface area contributed by atoms with Gasteiger partial charge in [-0.3, -0.25) is 0 Å². The van der Waals surface area contributed by atoms with Gasteiger partial charge in [0.2, 0.25) is 0 Å². The Bertz CT molecular complexity index is 839. The molecule has 0 radical (unpaired) electrons. The van der Waals surface area contributed by atoms with Crippen molar-refractivity contribution in [3.8, 4) is 11.8 Å². The van der Waals surface area contributed by atoms with Crippen LogP contribution in [0.2, 0.25) is 0 Å². The SMILES string of the molecule is COc1ccc2c(c1)C(c1ccccc1F)=C(C#N)N(C)C2O. The van der Waals surface area contributed by atoms with Crippen molar-refractivity contribution >= 4 is 5.57 Å². The van der Waals surface area contributed by atoms with Crippen LogP contribution in [0.25, 0.3) is 5.57 Å². The Morgan fingerprint density at radius 1 is 1.22 bits per heavy atom. The van der Waals surface area contributed by atoms with Crippen molar-refractivity contribution in [1.82, 2.24) is 4.90 Å². The fourth-order valence-electron chi connectivity index (χ4n) is 2.81. The number of methoxy groups -OCH3 is 1. The van der Waals surface area contributed by atoms with E-state index in [4.69, 9.17) is 4.74 Å². The number of nitrogens with zero attached hydrogens (tertiary/aromatic N) is 2. The van der Waals surface area contributed by atoms with Crippen LogP contribution in [0.15, 0.2) is 48.2 Å². The predicted molar refractivity (Wildman–Crippen MR) is 83.8 cm³/mol. The molecule has 1 aliphatic rings. The maximum Gasteiger partial charge on any atom is 0.154 e. The molecule has 116 valence electrons. The van der Waals surface area contributed by atoms with E-state index in [1.54, 1.807) is 43.4 Å². The van der Waals surface area contributed by atoms with E-state index in [1.165, 1.54) is 18.1 Å². The molecule has 1 heterocycles. The lowest BCUT2D eigenvalue weighted by Gasteiger charge is -2.34. The zero-order valence-electron chi connectivity index (χ0n) is 12.7. The smallest absolute Gasteiger partial charge is 0.154 e. The van der Waals surface area contributed by atoms with Crippen LogP contribution in [0.5, 0.6) is 5.75 Å². The van der Waals surface area contributed by atoms with Gasteiger partial charge in [0.05, 0.1) is 7.11 Å². The van der Waals surface area contributed by atoms with Gasteiger partial charge in [-0.2, -0.15) is 5.26 Å². The van der Waals surface area contributed by atoms with Crippen LogP contribution in [0.4, 0.5) is 4.39 Å². The number of aliphatic hydroxyl groups is 1. The number of nitriles is 1. The lowest BCUT2D eigenvalue weighted by atomic mass is 9.87. The molecule has 0 saturated carbocycles. The maximum absolute atomic E-state index is 14.3. The minimum absolute atomic E-state index is 0.211. The molecule has 1 atom stereocenters. The van der Waals surface area contributed by atoms with Gasteiger partial charge in [-0.05, 0) is 23.8 Å². The summed E-state index contributed by atoms with van der Waals surface area (Å²) < 4.78 is 19.6. The number of hydrogen-bond acceptors (Lipinski definition) is 4. The molecule has 23 heavy (non-hydrogen) atoms. The first kappa shape index (κ1) is 15.1. The Kier molecular flexibility index (Phi) is 3.77. The van der Waals surface area contributed by atoms with Gasteiger partial charge in [-0.1, -0.05) is 24.3 Å². The van der Waals surface area contributed by atoms with Gasteiger partial charge in [-0.25, -0.2) is 4.39 Å². The van der Waals surface area contributed by atoms with Crippen LogP contribution in [-0.2, 0) is 0 Å². The molecule has 0 spiro atoms. The number of aliphatic hydroxyl groups excluding tert-OH is 1. The van der Waals surface area contributed by atoms with E-state index < -0.39 is 12.0 Å². The van der Waals surface area contributed by atoms with E-state index in [1.807, 2.05) is 0 Å². The van der Waals surface area contributed by atoms with Gasteiger partial charge in [-0.15, -0.1) is 0 Å². The van der Waals surface area contributed by atoms with Crippen molar-refractivity contribution in [1.29, 1.82) is 5.26 Å². The summed E-state index contributed by atoms with van der Waals surface area (Å²) >= 11 is 0. The maximum atomic E-state index is 14.3. The Morgan fingerprint density at radius 3 is 2.61 bits per heavy atom. The number of hydrogen-bond donors (Lipinski definition) is 1. The fourth-order valence-corrected chi connectivity index (χ4v) is 2.81. The van der Waals surface area contributed by atoms with Crippen molar-refractivity contribution in [3.05, 3.63) is 70.7 Å². The second kappa shape index (κ2) is 5.75. The molecule has 1 N–H and O–H groups in total. The van der Waals surface area contributed by atoms with Gasteiger partial charge in [0.25, 0.3) is 0 Å². The number of halogens is 1. The predicted octanol–water partition coefficient (Wildman–Crippen LogP) is 3.05. The minimum Gasteiger partial charge on any atom is -0.497 e. The highest BCUT2D eigenvalue weighted by Crippen LogP contribution is 2.41. The van der Waals surface area contributed by atoms with Gasteiger partial charge in [0, 0.05) is 23.7 Å². The zero-order chi connectivity index (χ0) is 16.6. The summed E-state index contributed by atoms with van der Waals surface area (Å²) in [5.74, 6) is 0.153.